The van der Waals surface area contributed by atoms with Crippen molar-refractivity contribution in [2.75, 3.05) is 25.5 Å². The number of amides is 1. The minimum atomic E-state index is -0.482. The molecule has 6 nitrogen and oxygen atoms in total. The molecule has 0 saturated carbocycles. The fourth-order valence-corrected chi connectivity index (χ4v) is 4.31. The minimum Gasteiger partial charge on any atom is -0.349 e. The smallest absolute Gasteiger partial charge is 0.261 e. The number of carbonyl (C=O) groups is 1. The third-order valence-electron chi connectivity index (χ3n) is 4.77. The number of hydrogen-bond acceptors (Lipinski definition) is 6. The lowest BCUT2D eigenvalue weighted by Crippen LogP contribution is -2.43. The van der Waals surface area contributed by atoms with E-state index in [2.05, 4.69) is 32.5 Å². The third kappa shape index (κ3) is 4.09. The maximum absolute atomic E-state index is 13.4. The minimum absolute atomic E-state index is 0.0275. The van der Waals surface area contributed by atoms with Crippen molar-refractivity contribution in [3.63, 3.8) is 0 Å². The van der Waals surface area contributed by atoms with Crippen molar-refractivity contribution in [2.45, 2.75) is 18.9 Å². The zero-order valence-electron chi connectivity index (χ0n) is 15.2. The number of carbonyl (C=O) groups excluding carboxylic acids is 1. The van der Waals surface area contributed by atoms with Crippen molar-refractivity contribution >= 4 is 50.6 Å². The quantitative estimate of drug-likeness (QED) is 0.667. The summed E-state index contributed by atoms with van der Waals surface area (Å²) in [5, 5.41) is 6.27. The first kappa shape index (κ1) is 19.0. The van der Waals surface area contributed by atoms with E-state index >= 15 is 0 Å². The van der Waals surface area contributed by atoms with Crippen LogP contribution in [0.2, 0.25) is 5.02 Å². The first-order valence-electron chi connectivity index (χ1n) is 8.95. The summed E-state index contributed by atoms with van der Waals surface area (Å²) in [5.41, 5.74) is 1.29. The molecule has 1 aliphatic heterocycles. The summed E-state index contributed by atoms with van der Waals surface area (Å²) in [6.07, 6.45) is 3.33. The number of piperidine rings is 1. The predicted octanol–water partition coefficient (Wildman–Crippen LogP) is 4.05. The van der Waals surface area contributed by atoms with Crippen LogP contribution in [0.4, 0.5) is 15.9 Å². The third-order valence-corrected chi connectivity index (χ3v) is 6.19. The Morgan fingerprint density at radius 2 is 2.07 bits per heavy atom. The molecule has 1 fully saturated rings. The number of anilines is 2. The second kappa shape index (κ2) is 7.98. The van der Waals surface area contributed by atoms with Gasteiger partial charge in [0.2, 0.25) is 0 Å². The van der Waals surface area contributed by atoms with E-state index in [4.69, 9.17) is 11.6 Å². The molecule has 0 atom stereocenters. The van der Waals surface area contributed by atoms with E-state index in [0.29, 0.717) is 21.9 Å². The number of nitrogens with one attached hydrogen (secondary N) is 2. The lowest BCUT2D eigenvalue weighted by atomic mass is 10.1. The standard InChI is InChI=1S/C19H19ClFN5OS/c1-26-6-4-11(5-7-26)25-19(27)16-9-15-17(28-16)18(23-10-22-15)24-12-2-3-14(21)13(20)8-12/h2-3,8-11H,4-7H2,1H3,(H,25,27)(H,22,23,24). The Morgan fingerprint density at radius 1 is 1.29 bits per heavy atom. The summed E-state index contributed by atoms with van der Waals surface area (Å²) in [4.78, 5) is 24.1. The summed E-state index contributed by atoms with van der Waals surface area (Å²) in [6, 6.07) is 6.33. The molecule has 9 heteroatoms. The molecule has 1 aliphatic rings. The number of hydrogen-bond donors (Lipinski definition) is 2. The largest absolute Gasteiger partial charge is 0.349 e. The number of halogens is 2. The highest BCUT2D eigenvalue weighted by Gasteiger charge is 2.21. The molecule has 0 bridgehead atoms. The van der Waals surface area contributed by atoms with Gasteiger partial charge < -0.3 is 15.5 Å². The number of benzene rings is 1. The van der Waals surface area contributed by atoms with Gasteiger partial charge >= 0.3 is 0 Å². The van der Waals surface area contributed by atoms with E-state index in [9.17, 15) is 9.18 Å². The van der Waals surface area contributed by atoms with Crippen LogP contribution in [0.3, 0.4) is 0 Å². The van der Waals surface area contributed by atoms with E-state index in [1.165, 1.54) is 29.8 Å². The Morgan fingerprint density at radius 3 is 2.82 bits per heavy atom. The van der Waals surface area contributed by atoms with Gasteiger partial charge in [0.15, 0.2) is 5.82 Å². The van der Waals surface area contributed by atoms with Gasteiger partial charge in [-0.2, -0.15) is 0 Å². The normalized spacial score (nSPS) is 15.7. The Bertz CT molecular complexity index is 1020. The number of rotatable bonds is 4. The summed E-state index contributed by atoms with van der Waals surface area (Å²) in [5.74, 6) is -0.0200. The molecule has 1 amide bonds. The second-order valence-corrected chi connectivity index (χ2v) is 8.31. The van der Waals surface area contributed by atoms with Gasteiger partial charge in [0.05, 0.1) is 20.1 Å². The molecule has 146 valence electrons. The molecule has 1 saturated heterocycles. The van der Waals surface area contributed by atoms with Gasteiger partial charge in [-0.1, -0.05) is 11.6 Å². The van der Waals surface area contributed by atoms with Crippen LogP contribution in [0.1, 0.15) is 22.5 Å². The molecule has 4 rings (SSSR count). The Kier molecular flexibility index (Phi) is 5.43. The van der Waals surface area contributed by atoms with E-state index in [-0.39, 0.29) is 17.0 Å². The molecule has 3 aromatic rings. The second-order valence-electron chi connectivity index (χ2n) is 6.85. The highest BCUT2D eigenvalue weighted by atomic mass is 35.5. The highest BCUT2D eigenvalue weighted by molar-refractivity contribution is 7.21. The molecule has 2 aromatic heterocycles. The van der Waals surface area contributed by atoms with Crippen LogP contribution in [0.15, 0.2) is 30.6 Å². The van der Waals surface area contributed by atoms with Crippen LogP contribution in [-0.4, -0.2) is 47.0 Å². The molecule has 28 heavy (non-hydrogen) atoms. The lowest BCUT2D eigenvalue weighted by Gasteiger charge is -2.29. The van der Waals surface area contributed by atoms with Crippen molar-refractivity contribution in [2.24, 2.45) is 0 Å². The summed E-state index contributed by atoms with van der Waals surface area (Å²) in [7, 11) is 2.09. The van der Waals surface area contributed by atoms with E-state index < -0.39 is 5.82 Å². The number of likely N-dealkylation sites (tertiary alicyclic amines) is 1. The number of aromatic nitrogens is 2. The average Bonchev–Trinajstić information content (AvgIpc) is 3.12. The Hall–Kier alpha value is -2.29. The van der Waals surface area contributed by atoms with Crippen molar-refractivity contribution < 1.29 is 9.18 Å². The van der Waals surface area contributed by atoms with Crippen molar-refractivity contribution in [1.82, 2.24) is 20.2 Å². The van der Waals surface area contributed by atoms with Crippen LogP contribution < -0.4 is 10.6 Å². The maximum atomic E-state index is 13.4. The van der Waals surface area contributed by atoms with Crippen LogP contribution in [0, 0.1) is 5.82 Å². The van der Waals surface area contributed by atoms with Gasteiger partial charge in [-0.15, -0.1) is 11.3 Å². The van der Waals surface area contributed by atoms with Crippen molar-refractivity contribution in [3.05, 3.63) is 46.3 Å². The zero-order chi connectivity index (χ0) is 19.7. The van der Waals surface area contributed by atoms with Crippen molar-refractivity contribution in [3.8, 4) is 0 Å². The Labute approximate surface area is 170 Å². The van der Waals surface area contributed by atoms with Gasteiger partial charge in [0.25, 0.3) is 5.91 Å². The molecular weight excluding hydrogens is 401 g/mol. The van der Waals surface area contributed by atoms with E-state index in [0.717, 1.165) is 30.6 Å². The summed E-state index contributed by atoms with van der Waals surface area (Å²) in [6.45, 7) is 1.97. The first-order valence-corrected chi connectivity index (χ1v) is 10.1. The SMILES string of the molecule is CN1CCC(NC(=O)c2cc3ncnc(Nc4ccc(F)c(Cl)c4)c3s2)CC1. The van der Waals surface area contributed by atoms with Gasteiger partial charge in [0, 0.05) is 11.7 Å². The molecular formula is C19H19ClFN5OS. The number of nitrogens with zero attached hydrogens (tertiary/aromatic N) is 3. The fourth-order valence-electron chi connectivity index (χ4n) is 3.18. The summed E-state index contributed by atoms with van der Waals surface area (Å²) < 4.78 is 14.1. The Balaban J connectivity index is 1.54. The maximum Gasteiger partial charge on any atom is 0.261 e. The predicted molar refractivity (Wildman–Crippen MR) is 110 cm³/mol. The molecule has 2 N–H and O–H groups in total. The van der Waals surface area contributed by atoms with Gasteiger partial charge in [0.1, 0.15) is 12.1 Å². The molecule has 3 heterocycles. The van der Waals surface area contributed by atoms with E-state index in [1.54, 1.807) is 12.1 Å². The fraction of sp³-hybridized carbons (Fsp3) is 0.316. The molecule has 1 aromatic carbocycles. The first-order chi connectivity index (χ1) is 13.5. The summed E-state index contributed by atoms with van der Waals surface area (Å²) >= 11 is 7.18. The van der Waals surface area contributed by atoms with Crippen LogP contribution in [0.5, 0.6) is 0 Å². The lowest BCUT2D eigenvalue weighted by molar-refractivity contribution is 0.0921. The monoisotopic (exact) mass is 419 g/mol. The zero-order valence-corrected chi connectivity index (χ0v) is 16.8. The van der Waals surface area contributed by atoms with Gasteiger partial charge in [-0.3, -0.25) is 4.79 Å². The number of fused-ring (bicyclic) bond motifs is 1. The van der Waals surface area contributed by atoms with Crippen LogP contribution in [0.25, 0.3) is 10.2 Å². The molecule has 0 spiro atoms. The molecule has 0 aliphatic carbocycles. The van der Waals surface area contributed by atoms with Gasteiger partial charge in [-0.25, -0.2) is 14.4 Å². The van der Waals surface area contributed by atoms with Crippen LogP contribution in [-0.2, 0) is 0 Å². The molecule has 0 radical (unpaired) electrons. The van der Waals surface area contributed by atoms with Crippen LogP contribution >= 0.6 is 22.9 Å². The number of thiophene rings is 1. The molecule has 0 unspecified atom stereocenters. The topological polar surface area (TPSA) is 70.2 Å². The van der Waals surface area contributed by atoms with Crippen molar-refractivity contribution in [1.29, 1.82) is 0 Å². The average molecular weight is 420 g/mol. The highest BCUT2D eigenvalue weighted by Crippen LogP contribution is 2.32. The van der Waals surface area contributed by atoms with E-state index in [1.807, 2.05) is 0 Å². The van der Waals surface area contributed by atoms with Gasteiger partial charge in [-0.05, 0) is 57.2 Å².